The molecule has 0 saturated carbocycles. The number of rotatable bonds is 12. The highest BCUT2D eigenvalue weighted by molar-refractivity contribution is 5.89. The molecule has 2 atom stereocenters. The van der Waals surface area contributed by atoms with Crippen LogP contribution in [0.25, 0.3) is 0 Å². The second kappa shape index (κ2) is 13.5. The van der Waals surface area contributed by atoms with Gasteiger partial charge in [-0.3, -0.25) is 4.79 Å². The molecule has 0 fully saturated rings. The molecule has 2 N–H and O–H groups in total. The molecule has 1 aromatic rings. The van der Waals surface area contributed by atoms with Crippen LogP contribution in [0, 0.1) is 5.92 Å². The largest absolute Gasteiger partial charge is 0.459 e. The van der Waals surface area contributed by atoms with E-state index in [4.69, 9.17) is 14.2 Å². The van der Waals surface area contributed by atoms with Crippen molar-refractivity contribution in [2.75, 3.05) is 13.2 Å². The molecule has 8 nitrogen and oxygen atoms in total. The molecule has 1 aromatic carbocycles. The summed E-state index contributed by atoms with van der Waals surface area (Å²) in [7, 11) is 0. The Bertz CT molecular complexity index is 743. The summed E-state index contributed by atoms with van der Waals surface area (Å²) >= 11 is 0. The van der Waals surface area contributed by atoms with E-state index in [0.29, 0.717) is 6.42 Å². The molecule has 0 heterocycles. The Kier molecular flexibility index (Phi) is 11.5. The van der Waals surface area contributed by atoms with Gasteiger partial charge in [-0.1, -0.05) is 50.3 Å². The zero-order chi connectivity index (χ0) is 24.1. The van der Waals surface area contributed by atoms with Crippen LogP contribution in [0.2, 0.25) is 0 Å². The topological polar surface area (TPSA) is 103 Å². The number of benzene rings is 1. The molecule has 1 rings (SSSR count). The van der Waals surface area contributed by atoms with Crippen molar-refractivity contribution in [3.8, 4) is 0 Å². The second-order valence-electron chi connectivity index (χ2n) is 8.81. The van der Waals surface area contributed by atoms with E-state index >= 15 is 0 Å². The number of alkyl carbamates (subject to hydrolysis) is 1. The molecule has 2 amide bonds. The summed E-state index contributed by atoms with van der Waals surface area (Å²) in [6, 6.07) is 7.29. The highest BCUT2D eigenvalue weighted by Crippen LogP contribution is 2.10. The van der Waals surface area contributed by atoms with Gasteiger partial charge in [0.1, 0.15) is 18.2 Å². The summed E-state index contributed by atoms with van der Waals surface area (Å²) in [6.45, 7) is 12.8. The van der Waals surface area contributed by atoms with E-state index < -0.39 is 35.7 Å². The fourth-order valence-electron chi connectivity index (χ4n) is 2.69. The fraction of sp³-hybridized carbons (Fsp3) is 0.542. The predicted octanol–water partition coefficient (Wildman–Crippen LogP) is 3.36. The number of carbonyl (C=O) groups excluding carboxylic acids is 3. The third kappa shape index (κ3) is 11.5. The number of nitrogens with one attached hydrogen (secondary N) is 2. The summed E-state index contributed by atoms with van der Waals surface area (Å²) in [6.07, 6.45) is 1.20. The van der Waals surface area contributed by atoms with Gasteiger partial charge < -0.3 is 24.8 Å². The van der Waals surface area contributed by atoms with Crippen molar-refractivity contribution in [3.63, 3.8) is 0 Å². The van der Waals surface area contributed by atoms with Crippen molar-refractivity contribution in [1.29, 1.82) is 0 Å². The molecule has 0 aliphatic carbocycles. The predicted molar refractivity (Wildman–Crippen MR) is 122 cm³/mol. The molecular formula is C24H36N2O6. The van der Waals surface area contributed by atoms with E-state index in [-0.39, 0.29) is 25.7 Å². The quantitative estimate of drug-likeness (QED) is 0.289. The van der Waals surface area contributed by atoms with Gasteiger partial charge in [0.2, 0.25) is 5.91 Å². The summed E-state index contributed by atoms with van der Waals surface area (Å²) in [5, 5.41) is 5.23. The third-order valence-electron chi connectivity index (χ3n) is 4.06. The first-order valence-electron chi connectivity index (χ1n) is 10.7. The monoisotopic (exact) mass is 448 g/mol. The Labute approximate surface area is 190 Å². The van der Waals surface area contributed by atoms with Crippen molar-refractivity contribution in [2.24, 2.45) is 5.92 Å². The zero-order valence-corrected chi connectivity index (χ0v) is 19.7. The van der Waals surface area contributed by atoms with Gasteiger partial charge in [0.25, 0.3) is 0 Å². The molecule has 0 aliphatic rings. The van der Waals surface area contributed by atoms with Gasteiger partial charge >= 0.3 is 12.1 Å². The number of esters is 1. The Morgan fingerprint density at radius 3 is 2.28 bits per heavy atom. The van der Waals surface area contributed by atoms with Gasteiger partial charge in [-0.15, -0.1) is 6.58 Å². The van der Waals surface area contributed by atoms with Crippen molar-refractivity contribution >= 4 is 18.0 Å². The van der Waals surface area contributed by atoms with Gasteiger partial charge in [-0.2, -0.15) is 0 Å². The Balaban J connectivity index is 2.84. The van der Waals surface area contributed by atoms with E-state index in [1.54, 1.807) is 26.8 Å². The SMILES string of the molecule is C=CCOC[C@H](NC(=O)[C@H](CC(C)C)NC(=O)OC(C)(C)C)C(=O)OCc1ccccc1. The number of amides is 2. The molecule has 32 heavy (non-hydrogen) atoms. The van der Waals surface area contributed by atoms with E-state index in [0.717, 1.165) is 5.56 Å². The van der Waals surface area contributed by atoms with Crippen molar-refractivity contribution in [3.05, 3.63) is 48.6 Å². The maximum Gasteiger partial charge on any atom is 0.408 e. The van der Waals surface area contributed by atoms with Gasteiger partial charge in [-0.25, -0.2) is 9.59 Å². The van der Waals surface area contributed by atoms with Crippen LogP contribution in [0.15, 0.2) is 43.0 Å². The first-order chi connectivity index (χ1) is 15.0. The van der Waals surface area contributed by atoms with Crippen LogP contribution in [0.5, 0.6) is 0 Å². The average Bonchev–Trinajstić information content (AvgIpc) is 2.69. The third-order valence-corrected chi connectivity index (χ3v) is 4.06. The molecule has 178 valence electrons. The minimum atomic E-state index is -1.04. The summed E-state index contributed by atoms with van der Waals surface area (Å²) in [5.74, 6) is -1.04. The minimum absolute atomic E-state index is 0.0685. The van der Waals surface area contributed by atoms with Crippen LogP contribution in [-0.4, -0.2) is 48.9 Å². The molecule has 8 heteroatoms. The van der Waals surface area contributed by atoms with Crippen molar-refractivity contribution < 1.29 is 28.6 Å². The first-order valence-corrected chi connectivity index (χ1v) is 10.7. The van der Waals surface area contributed by atoms with Crippen LogP contribution in [0.4, 0.5) is 4.79 Å². The Morgan fingerprint density at radius 1 is 1.06 bits per heavy atom. The molecular weight excluding hydrogens is 412 g/mol. The maximum absolute atomic E-state index is 12.9. The second-order valence-corrected chi connectivity index (χ2v) is 8.81. The average molecular weight is 449 g/mol. The normalized spacial score (nSPS) is 13.1. The molecule has 0 saturated heterocycles. The molecule has 0 radical (unpaired) electrons. The van der Waals surface area contributed by atoms with Crippen LogP contribution in [0.1, 0.15) is 46.6 Å². The van der Waals surface area contributed by atoms with Gasteiger partial charge in [0.05, 0.1) is 13.2 Å². The van der Waals surface area contributed by atoms with Crippen molar-refractivity contribution in [2.45, 2.75) is 65.3 Å². The summed E-state index contributed by atoms with van der Waals surface area (Å²) in [4.78, 5) is 37.8. The van der Waals surface area contributed by atoms with Crippen LogP contribution in [0.3, 0.4) is 0 Å². The zero-order valence-electron chi connectivity index (χ0n) is 19.7. The van der Waals surface area contributed by atoms with E-state index in [2.05, 4.69) is 17.2 Å². The van der Waals surface area contributed by atoms with Gasteiger partial charge in [0.15, 0.2) is 6.04 Å². The van der Waals surface area contributed by atoms with Gasteiger partial charge in [-0.05, 0) is 38.7 Å². The number of carbonyl (C=O) groups is 3. The Morgan fingerprint density at radius 2 is 1.72 bits per heavy atom. The number of hydrogen-bond acceptors (Lipinski definition) is 6. The lowest BCUT2D eigenvalue weighted by atomic mass is 10.0. The number of hydrogen-bond donors (Lipinski definition) is 2. The van der Waals surface area contributed by atoms with Crippen LogP contribution < -0.4 is 10.6 Å². The van der Waals surface area contributed by atoms with E-state index in [9.17, 15) is 14.4 Å². The summed E-state index contributed by atoms with van der Waals surface area (Å²) < 4.78 is 16.0. The summed E-state index contributed by atoms with van der Waals surface area (Å²) in [5.41, 5.74) is 0.118. The standard InChI is InChI=1S/C24H36N2O6/c1-7-13-30-16-20(22(28)31-15-18-11-9-8-10-12-18)25-21(27)19(14-17(2)3)26-23(29)32-24(4,5)6/h7-12,17,19-20H,1,13-16H2,2-6H3,(H,25,27)(H,26,29)/t19-,20-/m0/s1. The molecule has 0 aliphatic heterocycles. The maximum atomic E-state index is 12.9. The lowest BCUT2D eigenvalue weighted by Gasteiger charge is -2.25. The minimum Gasteiger partial charge on any atom is -0.459 e. The Hall–Kier alpha value is -2.87. The highest BCUT2D eigenvalue weighted by Gasteiger charge is 2.29. The number of ether oxygens (including phenoxy) is 3. The molecule has 0 bridgehead atoms. The van der Waals surface area contributed by atoms with Crippen LogP contribution >= 0.6 is 0 Å². The first kappa shape index (κ1) is 27.2. The van der Waals surface area contributed by atoms with E-state index in [1.165, 1.54) is 0 Å². The smallest absolute Gasteiger partial charge is 0.408 e. The lowest BCUT2D eigenvalue weighted by molar-refractivity contribution is -0.151. The van der Waals surface area contributed by atoms with E-state index in [1.807, 2.05) is 44.2 Å². The molecule has 0 aromatic heterocycles. The van der Waals surface area contributed by atoms with Crippen LogP contribution in [-0.2, 0) is 30.4 Å². The molecule has 0 unspecified atom stereocenters. The van der Waals surface area contributed by atoms with Crippen molar-refractivity contribution in [1.82, 2.24) is 10.6 Å². The molecule has 0 spiro atoms. The lowest BCUT2D eigenvalue weighted by Crippen LogP contribution is -2.54. The highest BCUT2D eigenvalue weighted by atomic mass is 16.6. The fourth-order valence-corrected chi connectivity index (χ4v) is 2.69. The van der Waals surface area contributed by atoms with Gasteiger partial charge in [0, 0.05) is 0 Å².